The molecular formula is C22H28N6O7. The van der Waals surface area contributed by atoms with Crippen LogP contribution in [0.1, 0.15) is 24.9 Å². The quantitative estimate of drug-likeness (QED) is 0.280. The van der Waals surface area contributed by atoms with E-state index in [0.717, 1.165) is 37.7 Å². The van der Waals surface area contributed by atoms with Crippen LogP contribution < -0.4 is 26.6 Å². The number of carboxylic acids is 2. The molecule has 1 fully saturated rings. The first kappa shape index (κ1) is 25.6. The summed E-state index contributed by atoms with van der Waals surface area (Å²) in [6.07, 6.45) is -2.72. The summed E-state index contributed by atoms with van der Waals surface area (Å²) < 4.78 is 3.37. The predicted molar refractivity (Wildman–Crippen MR) is 123 cm³/mol. The van der Waals surface area contributed by atoms with Crippen LogP contribution in [0.4, 0.5) is 5.95 Å². The van der Waals surface area contributed by atoms with Crippen LogP contribution in [0.3, 0.4) is 0 Å². The number of imidazole rings is 1. The molecule has 1 saturated heterocycles. The number of benzene rings is 1. The Kier molecular flexibility index (Phi) is 8.04. The van der Waals surface area contributed by atoms with E-state index in [2.05, 4.69) is 22.1 Å². The van der Waals surface area contributed by atoms with Gasteiger partial charge in [-0.3, -0.25) is 23.7 Å². The van der Waals surface area contributed by atoms with Gasteiger partial charge in [-0.1, -0.05) is 30.3 Å². The van der Waals surface area contributed by atoms with Gasteiger partial charge in [-0.15, -0.1) is 0 Å². The number of aliphatic hydroxyl groups excluding tert-OH is 1. The average molecular weight is 489 g/mol. The van der Waals surface area contributed by atoms with E-state index in [-0.39, 0.29) is 6.04 Å². The second-order valence-electron chi connectivity index (χ2n) is 8.14. The van der Waals surface area contributed by atoms with Crippen molar-refractivity contribution in [2.75, 3.05) is 31.1 Å². The number of nitrogens with one attached hydrogen (secondary N) is 1. The van der Waals surface area contributed by atoms with E-state index in [4.69, 9.17) is 15.2 Å². The van der Waals surface area contributed by atoms with E-state index in [1.165, 1.54) is 4.57 Å². The molecule has 1 aliphatic rings. The Bertz CT molecular complexity index is 1310. The number of aromatic amines is 1. The molecule has 188 valence electrons. The number of aliphatic carboxylic acids is 2. The van der Waals surface area contributed by atoms with Crippen molar-refractivity contribution in [3.05, 3.63) is 56.7 Å². The fourth-order valence-electron chi connectivity index (χ4n) is 3.86. The van der Waals surface area contributed by atoms with Gasteiger partial charge in [0.2, 0.25) is 5.95 Å². The Labute approximate surface area is 199 Å². The van der Waals surface area contributed by atoms with Gasteiger partial charge in [0.25, 0.3) is 5.56 Å². The lowest BCUT2D eigenvalue weighted by Crippen LogP contribution is -2.89. The average Bonchev–Trinajstić information content (AvgIpc) is 3.25. The van der Waals surface area contributed by atoms with Gasteiger partial charge in [-0.05, 0) is 12.5 Å². The lowest BCUT2D eigenvalue weighted by molar-refractivity contribution is -0.655. The van der Waals surface area contributed by atoms with Gasteiger partial charge < -0.3 is 30.3 Å². The molecule has 0 spiro atoms. The number of carbonyl (C=O) groups is 2. The fraction of sp³-hybridized carbons (Fsp3) is 0.409. The first-order chi connectivity index (χ1) is 16.6. The van der Waals surface area contributed by atoms with Crippen LogP contribution in [0.15, 0.2) is 39.9 Å². The van der Waals surface area contributed by atoms with Crippen molar-refractivity contribution in [3.63, 3.8) is 0 Å². The maximum absolute atomic E-state index is 12.7. The summed E-state index contributed by atoms with van der Waals surface area (Å²) in [6.45, 7) is 5.74. The third-order valence-corrected chi connectivity index (χ3v) is 5.73. The Morgan fingerprint density at radius 1 is 1.20 bits per heavy atom. The number of fused-ring (bicyclic) bond motifs is 1. The summed E-state index contributed by atoms with van der Waals surface area (Å²) >= 11 is 0. The van der Waals surface area contributed by atoms with Gasteiger partial charge in [-0.2, -0.15) is 4.98 Å². The molecule has 0 radical (unpaired) electrons. The van der Waals surface area contributed by atoms with Crippen molar-refractivity contribution in [2.45, 2.75) is 25.5 Å². The number of carboxylic acid groups (broad SMARTS) is 2. The second-order valence-corrected chi connectivity index (χ2v) is 8.14. The zero-order valence-corrected chi connectivity index (χ0v) is 19.4. The number of rotatable bonds is 6. The molecule has 13 heteroatoms. The minimum Gasteiger partial charge on any atom is -0.547 e. The van der Waals surface area contributed by atoms with Gasteiger partial charge >= 0.3 is 11.7 Å². The number of H-pyrrole nitrogens is 1. The number of piperazine rings is 1. The number of carbonyl (C=O) groups excluding carboxylic acids is 1. The highest BCUT2D eigenvalue weighted by molar-refractivity contribution is 5.78. The largest absolute Gasteiger partial charge is 0.547 e. The molecule has 13 nitrogen and oxygen atoms in total. The van der Waals surface area contributed by atoms with Crippen LogP contribution in [0.5, 0.6) is 0 Å². The van der Waals surface area contributed by atoms with Crippen molar-refractivity contribution in [1.29, 1.82) is 0 Å². The van der Waals surface area contributed by atoms with Crippen LogP contribution in [0.25, 0.3) is 11.2 Å². The van der Waals surface area contributed by atoms with Gasteiger partial charge in [0, 0.05) is 7.05 Å². The Hall–Kier alpha value is -3.97. The summed E-state index contributed by atoms with van der Waals surface area (Å²) in [5.74, 6) is -2.39. The predicted octanol–water partition coefficient (Wildman–Crippen LogP) is -3.01. The van der Waals surface area contributed by atoms with Crippen LogP contribution in [-0.4, -0.2) is 73.5 Å². The van der Waals surface area contributed by atoms with Crippen LogP contribution in [0, 0.1) is 0 Å². The Morgan fingerprint density at radius 2 is 1.83 bits per heavy atom. The van der Waals surface area contributed by atoms with E-state index in [0.29, 0.717) is 11.2 Å². The molecule has 3 heterocycles. The van der Waals surface area contributed by atoms with Gasteiger partial charge in [0.1, 0.15) is 6.10 Å². The number of aliphatic hydroxyl groups is 1. The maximum atomic E-state index is 12.7. The zero-order valence-electron chi connectivity index (χ0n) is 19.4. The summed E-state index contributed by atoms with van der Waals surface area (Å²) in [7, 11) is 1.64. The highest BCUT2D eigenvalue weighted by Gasteiger charge is 2.26. The number of hydrogen-bond acceptors (Lipinski definition) is 8. The Balaban J connectivity index is 0.000000327. The smallest absolute Gasteiger partial charge is 0.329 e. The van der Waals surface area contributed by atoms with Crippen LogP contribution in [-0.2, 0) is 16.6 Å². The molecule has 2 aromatic heterocycles. The third-order valence-electron chi connectivity index (χ3n) is 5.73. The van der Waals surface area contributed by atoms with E-state index in [1.54, 1.807) is 7.05 Å². The SMILES string of the molecule is CC(c1ccccc1)n1c(N2CC[NH2+]CC2)nc2c1c(=O)[nH]c(=O)n2C.O=C(O)CC(O)C(=O)[O-]. The van der Waals surface area contributed by atoms with Crippen molar-refractivity contribution in [1.82, 2.24) is 19.1 Å². The van der Waals surface area contributed by atoms with Crippen molar-refractivity contribution in [3.8, 4) is 0 Å². The molecule has 4 rings (SSSR count). The first-order valence-corrected chi connectivity index (χ1v) is 11.0. The number of hydrogen-bond donors (Lipinski definition) is 4. The van der Waals surface area contributed by atoms with E-state index in [1.807, 2.05) is 34.9 Å². The monoisotopic (exact) mass is 488 g/mol. The first-order valence-electron chi connectivity index (χ1n) is 11.0. The standard InChI is InChI=1S/C18H22N6O2.C4H6O5/c1-12(13-6-4-3-5-7-13)24-14-15(22(2)18(26)21-16(14)25)20-17(24)23-10-8-19-9-11-23;5-2(4(8)9)1-3(6)7/h3-7,12,19H,8-11H2,1-2H3,(H,21,25,26);2,5H,1H2,(H,6,7)(H,8,9). The molecule has 1 aromatic carbocycles. The molecular weight excluding hydrogens is 460 g/mol. The molecule has 3 aromatic rings. The lowest BCUT2D eigenvalue weighted by Gasteiger charge is -2.28. The van der Waals surface area contributed by atoms with Crippen molar-refractivity contribution < 1.29 is 30.2 Å². The number of quaternary nitrogens is 1. The molecule has 2 atom stereocenters. The molecule has 35 heavy (non-hydrogen) atoms. The number of nitrogens with two attached hydrogens (primary N) is 1. The van der Waals surface area contributed by atoms with Gasteiger partial charge in [-0.25, -0.2) is 4.79 Å². The molecule has 1 aliphatic heterocycles. The van der Waals surface area contributed by atoms with Gasteiger partial charge in [0.05, 0.1) is 44.6 Å². The van der Waals surface area contributed by atoms with E-state index >= 15 is 0 Å². The third kappa shape index (κ3) is 5.75. The summed E-state index contributed by atoms with van der Waals surface area (Å²) in [5.41, 5.74) is 1.11. The van der Waals surface area contributed by atoms with E-state index < -0.39 is 35.7 Å². The summed E-state index contributed by atoms with van der Waals surface area (Å²) in [4.78, 5) is 53.3. The van der Waals surface area contributed by atoms with E-state index in [9.17, 15) is 24.3 Å². The number of anilines is 1. The minimum absolute atomic E-state index is 0.0827. The summed E-state index contributed by atoms with van der Waals surface area (Å²) in [5, 5.41) is 28.0. The van der Waals surface area contributed by atoms with Crippen molar-refractivity contribution in [2.24, 2.45) is 7.05 Å². The minimum atomic E-state index is -1.90. The fourth-order valence-corrected chi connectivity index (χ4v) is 3.86. The molecule has 0 aliphatic carbocycles. The number of aromatic nitrogens is 4. The molecule has 0 amide bonds. The summed E-state index contributed by atoms with van der Waals surface area (Å²) in [6, 6.07) is 9.95. The number of nitrogens with zero attached hydrogens (tertiary/aromatic N) is 4. The molecule has 5 N–H and O–H groups in total. The lowest BCUT2D eigenvalue weighted by atomic mass is 10.1. The Morgan fingerprint density at radius 3 is 2.37 bits per heavy atom. The second kappa shape index (κ2) is 11.0. The molecule has 0 saturated carbocycles. The highest BCUT2D eigenvalue weighted by atomic mass is 16.4. The molecule has 0 bridgehead atoms. The highest BCUT2D eigenvalue weighted by Crippen LogP contribution is 2.28. The normalized spacial score (nSPS) is 15.2. The maximum Gasteiger partial charge on any atom is 0.329 e. The van der Waals surface area contributed by atoms with Gasteiger partial charge in [0.15, 0.2) is 11.2 Å². The molecule has 2 unspecified atom stereocenters. The van der Waals surface area contributed by atoms with Crippen LogP contribution >= 0.6 is 0 Å². The van der Waals surface area contributed by atoms with Crippen molar-refractivity contribution >= 4 is 29.1 Å². The topological polar surface area (TPSA) is 190 Å². The van der Waals surface area contributed by atoms with Crippen LogP contribution in [0.2, 0.25) is 0 Å². The zero-order chi connectivity index (χ0) is 25.7. The number of aryl methyl sites for hydroxylation is 1.